The third kappa shape index (κ3) is 4.56. The van der Waals surface area contributed by atoms with Crippen molar-refractivity contribution in [2.24, 2.45) is 0 Å². The first kappa shape index (κ1) is 21.2. The minimum atomic E-state index is -0.743. The highest BCUT2D eigenvalue weighted by atomic mass is 32.2. The predicted octanol–water partition coefficient (Wildman–Crippen LogP) is 3.79. The second-order valence-corrected chi connectivity index (χ2v) is 7.99. The number of carbonyl (C=O) groups excluding carboxylic acids is 3. The van der Waals surface area contributed by atoms with Gasteiger partial charge in [-0.1, -0.05) is 26.0 Å². The summed E-state index contributed by atoms with van der Waals surface area (Å²) < 4.78 is 10.7. The van der Waals surface area contributed by atoms with Gasteiger partial charge < -0.3 is 14.1 Å². The fourth-order valence-corrected chi connectivity index (χ4v) is 4.86. The molecular formula is C22H25NO5S. The molecule has 1 aromatic heterocycles. The van der Waals surface area contributed by atoms with Crippen molar-refractivity contribution >= 4 is 29.4 Å². The minimum Gasteiger partial charge on any atom is -0.466 e. The van der Waals surface area contributed by atoms with E-state index in [0.717, 1.165) is 24.0 Å². The Kier molecular flexibility index (Phi) is 6.79. The fourth-order valence-electron chi connectivity index (χ4n) is 3.45. The van der Waals surface area contributed by atoms with Crippen molar-refractivity contribution in [1.82, 2.24) is 4.90 Å². The lowest BCUT2D eigenvalue weighted by molar-refractivity contribution is -0.152. The molecule has 1 saturated heterocycles. The Labute approximate surface area is 174 Å². The zero-order valence-electron chi connectivity index (χ0n) is 16.8. The van der Waals surface area contributed by atoms with Crippen LogP contribution in [-0.2, 0) is 27.2 Å². The lowest BCUT2D eigenvalue weighted by atomic mass is 9.98. The molecule has 0 N–H and O–H groups in total. The van der Waals surface area contributed by atoms with E-state index >= 15 is 0 Å². The van der Waals surface area contributed by atoms with E-state index in [-0.39, 0.29) is 23.7 Å². The van der Waals surface area contributed by atoms with Crippen LogP contribution in [0.25, 0.3) is 0 Å². The number of nitrogens with zero attached hydrogens (tertiary/aromatic N) is 1. The molecule has 1 aromatic carbocycles. The summed E-state index contributed by atoms with van der Waals surface area (Å²) in [7, 11) is 0. The first-order chi connectivity index (χ1) is 14.0. The van der Waals surface area contributed by atoms with Gasteiger partial charge in [0.15, 0.2) is 6.61 Å². The van der Waals surface area contributed by atoms with Crippen molar-refractivity contribution in [2.75, 3.05) is 12.4 Å². The summed E-state index contributed by atoms with van der Waals surface area (Å²) in [6, 6.07) is 8.61. The highest BCUT2D eigenvalue weighted by Crippen LogP contribution is 2.41. The molecule has 0 saturated carbocycles. The van der Waals surface area contributed by atoms with Gasteiger partial charge >= 0.3 is 5.97 Å². The van der Waals surface area contributed by atoms with Gasteiger partial charge in [0.1, 0.15) is 17.2 Å². The second-order valence-electron chi connectivity index (χ2n) is 6.87. The number of ether oxygens (including phenoxy) is 1. The maximum absolute atomic E-state index is 12.7. The Morgan fingerprint density at radius 2 is 2.00 bits per heavy atom. The second kappa shape index (κ2) is 9.31. The molecular weight excluding hydrogens is 390 g/mol. The number of ketones is 1. The lowest BCUT2D eigenvalue weighted by Gasteiger charge is -2.25. The van der Waals surface area contributed by atoms with Gasteiger partial charge in [0.25, 0.3) is 0 Å². The molecule has 0 spiro atoms. The number of Topliss-reactive ketones (excluding diaryl/α,β-unsaturated/α-hetero) is 1. The molecule has 29 heavy (non-hydrogen) atoms. The standard InChI is InChI=1S/C22H25NO5S/c1-4-15-8-9-16(5-2)17(11-15)19(25)12-28-22(26)18-13-29-21(23(18)14(3)24)20-7-6-10-27-20/h6-11,18,21H,4-5,12-13H2,1-3H3/t18-,21-/m1/s1. The molecule has 154 valence electrons. The topological polar surface area (TPSA) is 76.8 Å². The van der Waals surface area contributed by atoms with Crippen molar-refractivity contribution in [3.8, 4) is 0 Å². The molecule has 2 heterocycles. The zero-order valence-corrected chi connectivity index (χ0v) is 17.7. The van der Waals surface area contributed by atoms with Crippen LogP contribution in [-0.4, -0.2) is 41.0 Å². The molecule has 1 amide bonds. The van der Waals surface area contributed by atoms with Crippen LogP contribution in [0.5, 0.6) is 0 Å². The Morgan fingerprint density at radius 3 is 2.62 bits per heavy atom. The maximum Gasteiger partial charge on any atom is 0.330 e. The quantitative estimate of drug-likeness (QED) is 0.506. The number of hydrogen-bond donors (Lipinski definition) is 0. The van der Waals surface area contributed by atoms with Gasteiger partial charge in [-0.2, -0.15) is 0 Å². The van der Waals surface area contributed by atoms with Crippen molar-refractivity contribution in [3.63, 3.8) is 0 Å². The number of rotatable bonds is 7. The number of hydrogen-bond acceptors (Lipinski definition) is 6. The summed E-state index contributed by atoms with van der Waals surface area (Å²) in [5.74, 6) is -0.0363. The van der Waals surface area contributed by atoms with E-state index in [4.69, 9.17) is 9.15 Å². The van der Waals surface area contributed by atoms with Gasteiger partial charge in [-0.3, -0.25) is 9.59 Å². The monoisotopic (exact) mass is 415 g/mol. The van der Waals surface area contributed by atoms with Crippen LogP contribution >= 0.6 is 11.8 Å². The molecule has 3 rings (SSSR count). The fraction of sp³-hybridized carbons (Fsp3) is 0.409. The van der Waals surface area contributed by atoms with E-state index in [9.17, 15) is 14.4 Å². The largest absolute Gasteiger partial charge is 0.466 e. The average Bonchev–Trinajstić information content (AvgIpc) is 3.40. The number of thioether (sulfide) groups is 1. The number of carbonyl (C=O) groups is 3. The summed E-state index contributed by atoms with van der Waals surface area (Å²) in [6.45, 7) is 5.09. The molecule has 0 unspecified atom stereocenters. The van der Waals surface area contributed by atoms with Gasteiger partial charge in [-0.15, -0.1) is 11.8 Å². The minimum absolute atomic E-state index is 0.229. The van der Waals surface area contributed by atoms with Crippen molar-refractivity contribution in [1.29, 1.82) is 0 Å². The van der Waals surface area contributed by atoms with Gasteiger partial charge in [0.05, 0.1) is 6.26 Å². The molecule has 7 heteroatoms. The maximum atomic E-state index is 12.7. The van der Waals surface area contributed by atoms with E-state index in [1.165, 1.54) is 29.8 Å². The molecule has 1 fully saturated rings. The average molecular weight is 416 g/mol. The number of esters is 1. The molecule has 0 radical (unpaired) electrons. The summed E-state index contributed by atoms with van der Waals surface area (Å²) in [5, 5.41) is -0.372. The molecule has 0 bridgehead atoms. The van der Waals surface area contributed by atoms with Crippen LogP contribution < -0.4 is 0 Å². The highest BCUT2D eigenvalue weighted by Gasteiger charge is 2.43. The zero-order chi connectivity index (χ0) is 21.0. The first-order valence-corrected chi connectivity index (χ1v) is 10.8. The van der Waals surface area contributed by atoms with E-state index in [2.05, 4.69) is 0 Å². The Hall–Kier alpha value is -2.54. The van der Waals surface area contributed by atoms with Gasteiger partial charge in [-0.25, -0.2) is 4.79 Å². The third-order valence-electron chi connectivity index (χ3n) is 5.03. The molecule has 1 aliphatic heterocycles. The molecule has 2 aromatic rings. The summed E-state index contributed by atoms with van der Waals surface area (Å²) in [4.78, 5) is 39.0. The predicted molar refractivity (Wildman–Crippen MR) is 111 cm³/mol. The summed E-state index contributed by atoms with van der Waals surface area (Å²) >= 11 is 1.44. The normalized spacial score (nSPS) is 18.7. The van der Waals surface area contributed by atoms with E-state index in [0.29, 0.717) is 17.1 Å². The smallest absolute Gasteiger partial charge is 0.330 e. The van der Waals surface area contributed by atoms with Crippen LogP contribution in [0.2, 0.25) is 0 Å². The van der Waals surface area contributed by atoms with Crippen LogP contribution in [0.4, 0.5) is 0 Å². The highest BCUT2D eigenvalue weighted by molar-refractivity contribution is 7.99. The summed E-state index contributed by atoms with van der Waals surface area (Å²) in [5.41, 5.74) is 2.59. The van der Waals surface area contributed by atoms with Crippen LogP contribution in [0.15, 0.2) is 41.0 Å². The Morgan fingerprint density at radius 1 is 1.21 bits per heavy atom. The van der Waals surface area contributed by atoms with E-state index < -0.39 is 12.0 Å². The van der Waals surface area contributed by atoms with E-state index in [1.54, 1.807) is 12.1 Å². The van der Waals surface area contributed by atoms with Crippen molar-refractivity contribution in [3.05, 3.63) is 59.0 Å². The van der Waals surface area contributed by atoms with Gasteiger partial charge in [-0.05, 0) is 42.2 Å². The number of amides is 1. The lowest BCUT2D eigenvalue weighted by Crippen LogP contribution is -2.43. The Balaban J connectivity index is 1.69. The number of aryl methyl sites for hydroxylation is 2. The van der Waals surface area contributed by atoms with Crippen LogP contribution in [0.1, 0.15) is 53.4 Å². The number of benzene rings is 1. The first-order valence-electron chi connectivity index (χ1n) is 9.71. The Bertz CT molecular complexity index is 893. The number of furan rings is 1. The molecule has 1 aliphatic rings. The van der Waals surface area contributed by atoms with Crippen molar-refractivity contribution < 1.29 is 23.5 Å². The molecule has 2 atom stereocenters. The van der Waals surface area contributed by atoms with Crippen molar-refractivity contribution in [2.45, 2.75) is 45.0 Å². The summed E-state index contributed by atoms with van der Waals surface area (Å²) in [6.07, 6.45) is 3.08. The van der Waals surface area contributed by atoms with E-state index in [1.807, 2.05) is 32.0 Å². The molecule has 0 aliphatic carbocycles. The van der Waals surface area contributed by atoms with Crippen LogP contribution in [0, 0.1) is 0 Å². The van der Waals surface area contributed by atoms with Gasteiger partial charge in [0, 0.05) is 18.2 Å². The van der Waals surface area contributed by atoms with Gasteiger partial charge in [0.2, 0.25) is 11.7 Å². The van der Waals surface area contributed by atoms with Crippen LogP contribution in [0.3, 0.4) is 0 Å². The SMILES string of the molecule is CCc1ccc(CC)c(C(=O)COC(=O)[C@H]2CS[C@H](c3ccco3)N2C(C)=O)c1. The third-order valence-corrected chi connectivity index (χ3v) is 6.32. The molecule has 6 nitrogen and oxygen atoms in total.